The van der Waals surface area contributed by atoms with Crippen LogP contribution in [-0.4, -0.2) is 21.9 Å². The van der Waals surface area contributed by atoms with Gasteiger partial charge in [-0.1, -0.05) is 25.7 Å². The standard InChI is InChI=1S/C20H21N3O2/c24-19(22-16-5-3-1-2-4-6-16)15-7-8-17-18(13-15)25-20(23-17)14-9-11-21-12-10-14/h7-13,16H,1-6H2,(H,22,24). The van der Waals surface area contributed by atoms with Gasteiger partial charge in [0.05, 0.1) is 0 Å². The van der Waals surface area contributed by atoms with Gasteiger partial charge in [0.1, 0.15) is 5.52 Å². The molecule has 1 aliphatic carbocycles. The van der Waals surface area contributed by atoms with Gasteiger partial charge in [-0.15, -0.1) is 0 Å². The highest BCUT2D eigenvalue weighted by molar-refractivity contribution is 5.97. The first kappa shape index (κ1) is 15.8. The monoisotopic (exact) mass is 335 g/mol. The number of benzene rings is 1. The zero-order chi connectivity index (χ0) is 17.1. The normalized spacial score (nSPS) is 15.8. The van der Waals surface area contributed by atoms with E-state index in [-0.39, 0.29) is 11.9 Å². The lowest BCUT2D eigenvalue weighted by Crippen LogP contribution is -2.34. The Bertz CT molecular complexity index is 865. The molecule has 2 heterocycles. The van der Waals surface area contributed by atoms with E-state index in [0.29, 0.717) is 17.0 Å². The molecule has 0 unspecified atom stereocenters. The van der Waals surface area contributed by atoms with Crippen molar-refractivity contribution in [3.8, 4) is 11.5 Å². The number of aromatic nitrogens is 2. The van der Waals surface area contributed by atoms with Crippen LogP contribution >= 0.6 is 0 Å². The third-order valence-electron chi connectivity index (χ3n) is 4.77. The van der Waals surface area contributed by atoms with Crippen LogP contribution in [0.25, 0.3) is 22.6 Å². The molecule has 0 saturated heterocycles. The van der Waals surface area contributed by atoms with Gasteiger partial charge in [-0.05, 0) is 43.2 Å². The highest BCUT2D eigenvalue weighted by Gasteiger charge is 2.17. The number of pyridine rings is 1. The van der Waals surface area contributed by atoms with Gasteiger partial charge >= 0.3 is 0 Å². The molecule has 3 aromatic rings. The lowest BCUT2D eigenvalue weighted by Gasteiger charge is -2.16. The summed E-state index contributed by atoms with van der Waals surface area (Å²) in [6.07, 6.45) is 10.5. The Balaban J connectivity index is 1.55. The number of hydrogen-bond donors (Lipinski definition) is 1. The van der Waals surface area contributed by atoms with E-state index in [1.54, 1.807) is 18.5 Å². The quantitative estimate of drug-likeness (QED) is 0.723. The largest absolute Gasteiger partial charge is 0.436 e. The molecule has 1 saturated carbocycles. The first-order valence-corrected chi connectivity index (χ1v) is 8.91. The van der Waals surface area contributed by atoms with Gasteiger partial charge in [-0.2, -0.15) is 0 Å². The van der Waals surface area contributed by atoms with E-state index in [4.69, 9.17) is 4.42 Å². The second-order valence-corrected chi connectivity index (χ2v) is 6.60. The van der Waals surface area contributed by atoms with Crippen molar-refractivity contribution in [2.45, 2.75) is 44.6 Å². The number of fused-ring (bicyclic) bond motifs is 1. The lowest BCUT2D eigenvalue weighted by molar-refractivity contribution is 0.0933. The summed E-state index contributed by atoms with van der Waals surface area (Å²) in [5.74, 6) is 0.509. The minimum absolute atomic E-state index is 0.0318. The first-order chi connectivity index (χ1) is 12.3. The molecule has 2 aromatic heterocycles. The minimum atomic E-state index is -0.0318. The fourth-order valence-corrected chi connectivity index (χ4v) is 3.38. The van der Waals surface area contributed by atoms with E-state index < -0.39 is 0 Å². The summed E-state index contributed by atoms with van der Waals surface area (Å²) >= 11 is 0. The van der Waals surface area contributed by atoms with Gasteiger partial charge in [0.15, 0.2) is 5.58 Å². The molecule has 1 aliphatic rings. The summed E-state index contributed by atoms with van der Waals surface area (Å²) < 4.78 is 5.84. The number of amides is 1. The Kier molecular flexibility index (Phi) is 4.46. The van der Waals surface area contributed by atoms with Crippen molar-refractivity contribution >= 4 is 17.0 Å². The number of hydrogen-bond acceptors (Lipinski definition) is 4. The number of nitrogens with one attached hydrogen (secondary N) is 1. The maximum Gasteiger partial charge on any atom is 0.251 e. The molecule has 0 radical (unpaired) electrons. The third kappa shape index (κ3) is 3.55. The summed E-state index contributed by atoms with van der Waals surface area (Å²) in [4.78, 5) is 21.1. The van der Waals surface area contributed by atoms with Crippen LogP contribution in [0, 0.1) is 0 Å². The molecule has 0 aliphatic heterocycles. The summed E-state index contributed by atoms with van der Waals surface area (Å²) in [6.45, 7) is 0. The van der Waals surface area contributed by atoms with Crippen LogP contribution in [0.15, 0.2) is 47.1 Å². The van der Waals surface area contributed by atoms with Gasteiger partial charge < -0.3 is 9.73 Å². The van der Waals surface area contributed by atoms with Crippen molar-refractivity contribution in [1.82, 2.24) is 15.3 Å². The zero-order valence-electron chi connectivity index (χ0n) is 14.1. The van der Waals surface area contributed by atoms with Crippen LogP contribution in [0.2, 0.25) is 0 Å². The number of carbonyl (C=O) groups excluding carboxylic acids is 1. The second kappa shape index (κ2) is 7.05. The maximum absolute atomic E-state index is 12.6. The van der Waals surface area contributed by atoms with Gasteiger partial charge in [0.2, 0.25) is 5.89 Å². The Hall–Kier alpha value is -2.69. The molecule has 1 amide bonds. The molecular formula is C20H21N3O2. The number of carbonyl (C=O) groups is 1. The molecule has 0 spiro atoms. The number of nitrogens with zero attached hydrogens (tertiary/aromatic N) is 2. The maximum atomic E-state index is 12.6. The van der Waals surface area contributed by atoms with Gasteiger partial charge in [-0.3, -0.25) is 9.78 Å². The van der Waals surface area contributed by atoms with Crippen LogP contribution in [-0.2, 0) is 0 Å². The van der Waals surface area contributed by atoms with Crippen molar-refractivity contribution in [3.05, 3.63) is 48.3 Å². The molecule has 1 aromatic carbocycles. The highest BCUT2D eigenvalue weighted by atomic mass is 16.3. The number of rotatable bonds is 3. The topological polar surface area (TPSA) is 68.0 Å². The smallest absolute Gasteiger partial charge is 0.251 e. The van der Waals surface area contributed by atoms with Crippen molar-refractivity contribution in [3.63, 3.8) is 0 Å². The fourth-order valence-electron chi connectivity index (χ4n) is 3.38. The molecule has 0 atom stereocenters. The van der Waals surface area contributed by atoms with E-state index in [1.807, 2.05) is 24.3 Å². The number of oxazole rings is 1. The zero-order valence-corrected chi connectivity index (χ0v) is 14.1. The van der Waals surface area contributed by atoms with Crippen molar-refractivity contribution < 1.29 is 9.21 Å². The molecule has 0 bridgehead atoms. The van der Waals surface area contributed by atoms with Crippen LogP contribution < -0.4 is 5.32 Å². The summed E-state index contributed by atoms with van der Waals surface area (Å²) in [5.41, 5.74) is 2.86. The Labute approximate surface area is 146 Å². The molecule has 25 heavy (non-hydrogen) atoms. The lowest BCUT2D eigenvalue weighted by atomic mass is 10.1. The highest BCUT2D eigenvalue weighted by Crippen LogP contribution is 2.25. The summed E-state index contributed by atoms with van der Waals surface area (Å²) in [6, 6.07) is 9.42. The second-order valence-electron chi connectivity index (χ2n) is 6.60. The molecule has 1 fully saturated rings. The summed E-state index contributed by atoms with van der Waals surface area (Å²) in [7, 11) is 0. The Morgan fingerprint density at radius 2 is 1.80 bits per heavy atom. The van der Waals surface area contributed by atoms with Gasteiger partial charge in [-0.25, -0.2) is 4.98 Å². The SMILES string of the molecule is O=C(NC1CCCCCC1)c1ccc2nc(-c3ccncc3)oc2c1. The van der Waals surface area contributed by atoms with E-state index in [2.05, 4.69) is 15.3 Å². The minimum Gasteiger partial charge on any atom is -0.436 e. The molecule has 4 rings (SSSR count). The molecule has 5 nitrogen and oxygen atoms in total. The summed E-state index contributed by atoms with van der Waals surface area (Å²) in [5, 5.41) is 3.17. The van der Waals surface area contributed by atoms with E-state index in [1.165, 1.54) is 25.7 Å². The van der Waals surface area contributed by atoms with E-state index in [9.17, 15) is 4.79 Å². The van der Waals surface area contributed by atoms with Crippen LogP contribution in [0.4, 0.5) is 0 Å². The first-order valence-electron chi connectivity index (χ1n) is 8.91. The molecule has 5 heteroatoms. The average molecular weight is 335 g/mol. The molecule has 1 N–H and O–H groups in total. The van der Waals surface area contributed by atoms with Crippen molar-refractivity contribution in [2.75, 3.05) is 0 Å². The Morgan fingerprint density at radius 1 is 1.04 bits per heavy atom. The average Bonchev–Trinajstić information content (AvgIpc) is 2.91. The predicted octanol–water partition coefficient (Wildman–Crippen LogP) is 4.34. The van der Waals surface area contributed by atoms with Gasteiger partial charge in [0.25, 0.3) is 5.91 Å². The van der Waals surface area contributed by atoms with E-state index >= 15 is 0 Å². The fraction of sp³-hybridized carbons (Fsp3) is 0.350. The predicted molar refractivity (Wildman–Crippen MR) is 96.2 cm³/mol. The molecular weight excluding hydrogens is 314 g/mol. The van der Waals surface area contributed by atoms with Crippen LogP contribution in [0.5, 0.6) is 0 Å². The Morgan fingerprint density at radius 3 is 2.56 bits per heavy atom. The van der Waals surface area contributed by atoms with Crippen molar-refractivity contribution in [1.29, 1.82) is 0 Å². The van der Waals surface area contributed by atoms with E-state index in [0.717, 1.165) is 23.9 Å². The van der Waals surface area contributed by atoms with Crippen LogP contribution in [0.3, 0.4) is 0 Å². The van der Waals surface area contributed by atoms with Crippen molar-refractivity contribution in [2.24, 2.45) is 0 Å². The van der Waals surface area contributed by atoms with Crippen LogP contribution in [0.1, 0.15) is 48.9 Å². The third-order valence-corrected chi connectivity index (χ3v) is 4.77. The van der Waals surface area contributed by atoms with Gasteiger partial charge in [0, 0.05) is 29.6 Å². The molecule has 128 valence electrons.